The Kier molecular flexibility index (Phi) is 3.21. The minimum absolute atomic E-state index is 0.217. The fourth-order valence-electron chi connectivity index (χ4n) is 2.40. The van der Waals surface area contributed by atoms with Gasteiger partial charge in [0.1, 0.15) is 0 Å². The first-order valence-corrected chi connectivity index (χ1v) is 6.65. The number of hydrogen-bond acceptors (Lipinski definition) is 5. The second kappa shape index (κ2) is 5.01. The van der Waals surface area contributed by atoms with E-state index in [0.29, 0.717) is 11.9 Å². The Morgan fingerprint density at radius 2 is 1.79 bits per heavy atom. The van der Waals surface area contributed by atoms with Crippen LogP contribution in [0.2, 0.25) is 0 Å². The van der Waals surface area contributed by atoms with E-state index >= 15 is 0 Å². The monoisotopic (exact) mass is 258 g/mol. The van der Waals surface area contributed by atoms with Gasteiger partial charge in [-0.05, 0) is 30.9 Å². The van der Waals surface area contributed by atoms with Gasteiger partial charge in [-0.2, -0.15) is 0 Å². The molecule has 1 aromatic carbocycles. The summed E-state index contributed by atoms with van der Waals surface area (Å²) in [5.41, 5.74) is 8.57. The molecule has 5 nitrogen and oxygen atoms in total. The average Bonchev–Trinajstić information content (AvgIpc) is 2.80. The molecule has 100 valence electrons. The second-order valence-electron chi connectivity index (χ2n) is 4.97. The van der Waals surface area contributed by atoms with E-state index in [1.54, 1.807) is 0 Å². The normalized spacial score (nSPS) is 16.8. The van der Waals surface area contributed by atoms with Gasteiger partial charge >= 0.3 is 6.01 Å². The Labute approximate surface area is 112 Å². The summed E-state index contributed by atoms with van der Waals surface area (Å²) >= 11 is 0. The molecule has 0 spiro atoms. The standard InChI is InChI=1S/C14H18N4O/c1-10(15)13-16-17-14(19-13)18-8-6-11-4-2-3-5-12(11)7-9-18/h2-5,10H,6-9,15H2,1H3. The lowest BCUT2D eigenvalue weighted by molar-refractivity contribution is 0.456. The second-order valence-corrected chi connectivity index (χ2v) is 4.97. The van der Waals surface area contributed by atoms with Gasteiger partial charge < -0.3 is 15.1 Å². The van der Waals surface area contributed by atoms with Crippen molar-refractivity contribution in [3.63, 3.8) is 0 Å². The van der Waals surface area contributed by atoms with Crippen molar-refractivity contribution in [2.75, 3.05) is 18.0 Å². The molecule has 1 aliphatic rings. The van der Waals surface area contributed by atoms with Gasteiger partial charge in [-0.1, -0.05) is 29.4 Å². The number of anilines is 1. The van der Waals surface area contributed by atoms with Crippen LogP contribution < -0.4 is 10.6 Å². The quantitative estimate of drug-likeness (QED) is 0.888. The number of rotatable bonds is 2. The van der Waals surface area contributed by atoms with Crippen molar-refractivity contribution in [1.29, 1.82) is 0 Å². The number of fused-ring (bicyclic) bond motifs is 1. The molecule has 0 radical (unpaired) electrons. The maximum Gasteiger partial charge on any atom is 0.318 e. The Morgan fingerprint density at radius 3 is 2.32 bits per heavy atom. The predicted octanol–water partition coefficient (Wildman–Crippen LogP) is 1.69. The molecule has 1 atom stereocenters. The van der Waals surface area contributed by atoms with Gasteiger partial charge in [0.15, 0.2) is 0 Å². The topological polar surface area (TPSA) is 68.2 Å². The highest BCUT2D eigenvalue weighted by Gasteiger charge is 2.19. The van der Waals surface area contributed by atoms with Crippen LogP contribution in [-0.4, -0.2) is 23.3 Å². The molecule has 19 heavy (non-hydrogen) atoms. The van der Waals surface area contributed by atoms with E-state index in [-0.39, 0.29) is 6.04 Å². The summed E-state index contributed by atoms with van der Waals surface area (Å²) in [7, 11) is 0. The molecule has 2 heterocycles. The highest BCUT2D eigenvalue weighted by atomic mass is 16.4. The summed E-state index contributed by atoms with van der Waals surface area (Å²) in [4.78, 5) is 2.14. The molecule has 0 aliphatic carbocycles. The van der Waals surface area contributed by atoms with E-state index in [9.17, 15) is 0 Å². The summed E-state index contributed by atoms with van der Waals surface area (Å²) in [5.74, 6) is 0.497. The first kappa shape index (κ1) is 12.2. The van der Waals surface area contributed by atoms with Gasteiger partial charge in [0.25, 0.3) is 0 Å². The van der Waals surface area contributed by atoms with Gasteiger partial charge in [-0.25, -0.2) is 0 Å². The maximum absolute atomic E-state index is 5.74. The van der Waals surface area contributed by atoms with Crippen LogP contribution in [0.5, 0.6) is 0 Å². The van der Waals surface area contributed by atoms with E-state index in [2.05, 4.69) is 39.4 Å². The van der Waals surface area contributed by atoms with Crippen LogP contribution in [0.3, 0.4) is 0 Å². The SMILES string of the molecule is CC(N)c1nnc(N2CCc3ccccc3CC2)o1. The Hall–Kier alpha value is -1.88. The van der Waals surface area contributed by atoms with Crippen molar-refractivity contribution in [2.45, 2.75) is 25.8 Å². The van der Waals surface area contributed by atoms with Gasteiger partial charge in [0.05, 0.1) is 6.04 Å². The van der Waals surface area contributed by atoms with E-state index in [0.717, 1.165) is 25.9 Å². The third-order valence-electron chi connectivity index (χ3n) is 3.51. The first-order valence-electron chi connectivity index (χ1n) is 6.65. The fourth-order valence-corrected chi connectivity index (χ4v) is 2.40. The molecule has 2 N–H and O–H groups in total. The van der Waals surface area contributed by atoms with Crippen LogP contribution in [-0.2, 0) is 12.8 Å². The summed E-state index contributed by atoms with van der Waals surface area (Å²) < 4.78 is 5.62. The van der Waals surface area contributed by atoms with Crippen molar-refractivity contribution in [3.8, 4) is 0 Å². The van der Waals surface area contributed by atoms with Gasteiger partial charge in [-0.3, -0.25) is 0 Å². The van der Waals surface area contributed by atoms with E-state index in [1.807, 2.05) is 6.92 Å². The predicted molar refractivity (Wildman–Crippen MR) is 73.0 cm³/mol. The zero-order valence-corrected chi connectivity index (χ0v) is 11.0. The molecule has 2 aromatic rings. The third kappa shape index (κ3) is 2.46. The van der Waals surface area contributed by atoms with Crippen molar-refractivity contribution >= 4 is 6.01 Å². The molecule has 1 aliphatic heterocycles. The largest absolute Gasteiger partial charge is 0.406 e. The maximum atomic E-state index is 5.74. The summed E-state index contributed by atoms with van der Waals surface area (Å²) in [6.07, 6.45) is 2.01. The van der Waals surface area contributed by atoms with E-state index in [1.165, 1.54) is 11.1 Å². The molecule has 0 bridgehead atoms. The Balaban J connectivity index is 1.77. The molecular formula is C14H18N4O. The molecule has 1 unspecified atom stereocenters. The number of aromatic nitrogens is 2. The molecule has 0 fully saturated rings. The molecule has 0 saturated heterocycles. The summed E-state index contributed by atoms with van der Waals surface area (Å²) in [6.45, 7) is 3.64. The lowest BCUT2D eigenvalue weighted by Crippen LogP contribution is -2.26. The Morgan fingerprint density at radius 1 is 1.16 bits per heavy atom. The number of benzene rings is 1. The van der Waals surface area contributed by atoms with Crippen LogP contribution in [0.4, 0.5) is 6.01 Å². The van der Waals surface area contributed by atoms with Crippen LogP contribution in [0.25, 0.3) is 0 Å². The summed E-state index contributed by atoms with van der Waals surface area (Å²) in [6, 6.07) is 8.94. The Bertz CT molecular complexity index is 537. The van der Waals surface area contributed by atoms with Crippen LogP contribution in [0.15, 0.2) is 28.7 Å². The van der Waals surface area contributed by atoms with Crippen LogP contribution in [0, 0.1) is 0 Å². The minimum Gasteiger partial charge on any atom is -0.406 e. The van der Waals surface area contributed by atoms with Crippen molar-refractivity contribution < 1.29 is 4.42 Å². The molecule has 0 amide bonds. The fraction of sp³-hybridized carbons (Fsp3) is 0.429. The van der Waals surface area contributed by atoms with Gasteiger partial charge in [0.2, 0.25) is 5.89 Å². The van der Waals surface area contributed by atoms with Crippen molar-refractivity contribution in [1.82, 2.24) is 10.2 Å². The zero-order valence-electron chi connectivity index (χ0n) is 11.0. The number of nitrogens with two attached hydrogens (primary N) is 1. The summed E-state index contributed by atoms with van der Waals surface area (Å²) in [5, 5.41) is 8.08. The van der Waals surface area contributed by atoms with Gasteiger partial charge in [-0.15, -0.1) is 5.10 Å². The van der Waals surface area contributed by atoms with Crippen LogP contribution >= 0.6 is 0 Å². The number of nitrogens with zero attached hydrogens (tertiary/aromatic N) is 3. The molecule has 0 saturated carbocycles. The average molecular weight is 258 g/mol. The lowest BCUT2D eigenvalue weighted by Gasteiger charge is -2.16. The lowest BCUT2D eigenvalue weighted by atomic mass is 10.0. The molecule has 5 heteroatoms. The third-order valence-corrected chi connectivity index (χ3v) is 3.51. The van der Waals surface area contributed by atoms with Gasteiger partial charge in [0, 0.05) is 13.1 Å². The minimum atomic E-state index is -0.217. The van der Waals surface area contributed by atoms with Crippen molar-refractivity contribution in [2.24, 2.45) is 5.73 Å². The van der Waals surface area contributed by atoms with E-state index in [4.69, 9.17) is 10.2 Å². The van der Waals surface area contributed by atoms with E-state index < -0.39 is 0 Å². The highest BCUT2D eigenvalue weighted by molar-refractivity contribution is 5.34. The van der Waals surface area contributed by atoms with Crippen molar-refractivity contribution in [3.05, 3.63) is 41.3 Å². The number of hydrogen-bond donors (Lipinski definition) is 1. The molecule has 3 rings (SSSR count). The molecule has 1 aromatic heterocycles. The van der Waals surface area contributed by atoms with Crippen LogP contribution in [0.1, 0.15) is 30.0 Å². The first-order chi connectivity index (χ1) is 9.24. The molecular weight excluding hydrogens is 240 g/mol. The zero-order chi connectivity index (χ0) is 13.2. The smallest absolute Gasteiger partial charge is 0.318 e. The highest BCUT2D eigenvalue weighted by Crippen LogP contribution is 2.21.